The Morgan fingerprint density at radius 2 is 2.10 bits per heavy atom. The average molecular weight is 481 g/mol. The molecule has 0 aliphatic carbocycles. The number of hydrogen-bond donors (Lipinski definition) is 2. The van der Waals surface area contributed by atoms with Crippen LogP contribution in [-0.2, 0) is 32.7 Å². The van der Waals surface area contributed by atoms with Crippen molar-refractivity contribution in [2.24, 2.45) is 11.3 Å². The Balaban J connectivity index is 2.37. The van der Waals surface area contributed by atoms with E-state index in [1.165, 1.54) is 13.2 Å². The molecule has 0 aromatic carbocycles. The topological polar surface area (TPSA) is 124 Å². The van der Waals surface area contributed by atoms with Crippen LogP contribution < -0.4 is 5.32 Å². The van der Waals surface area contributed by atoms with E-state index in [1.54, 1.807) is 32.0 Å². The molecule has 1 saturated heterocycles. The van der Waals surface area contributed by atoms with Crippen LogP contribution in [0, 0.1) is 11.3 Å². The number of hydrogen-bond acceptors (Lipinski definition) is 10. The molecule has 10 nitrogen and oxygen atoms in total. The highest BCUT2D eigenvalue weighted by Crippen LogP contribution is 2.40. The SMILES string of the molecule is COP(OCCSC(=O)C(C)(C)CO)OCC1OC(N(C)/C=C\C(=O)NC=O)CC1C. The van der Waals surface area contributed by atoms with E-state index in [0.717, 1.165) is 18.2 Å². The van der Waals surface area contributed by atoms with Crippen molar-refractivity contribution >= 4 is 37.8 Å². The highest BCUT2D eigenvalue weighted by atomic mass is 32.2. The van der Waals surface area contributed by atoms with E-state index in [4.69, 9.17) is 18.3 Å². The Bertz CT molecular complexity index is 622. The summed E-state index contributed by atoms with van der Waals surface area (Å²) in [6.07, 6.45) is 3.49. The third-order valence-electron chi connectivity index (χ3n) is 4.61. The van der Waals surface area contributed by atoms with Crippen molar-refractivity contribution in [3.63, 3.8) is 0 Å². The van der Waals surface area contributed by atoms with Gasteiger partial charge in [-0.1, -0.05) is 18.7 Å². The number of nitrogens with zero attached hydrogens (tertiary/aromatic N) is 1. The lowest BCUT2D eigenvalue weighted by atomic mass is 9.97. The summed E-state index contributed by atoms with van der Waals surface area (Å²) in [6.45, 7) is 5.79. The van der Waals surface area contributed by atoms with Gasteiger partial charge in [-0.15, -0.1) is 0 Å². The number of rotatable bonds is 14. The third kappa shape index (κ3) is 9.95. The van der Waals surface area contributed by atoms with Crippen molar-refractivity contribution in [3.05, 3.63) is 12.3 Å². The number of carbonyl (C=O) groups excluding carboxylic acids is 3. The summed E-state index contributed by atoms with van der Waals surface area (Å²) in [5.74, 6) is 0.142. The van der Waals surface area contributed by atoms with Gasteiger partial charge in [0.25, 0.3) is 5.91 Å². The number of nitrogens with one attached hydrogen (secondary N) is 1. The Morgan fingerprint density at radius 3 is 2.71 bits per heavy atom. The fraction of sp³-hybridized carbons (Fsp3) is 0.737. The Morgan fingerprint density at radius 1 is 1.39 bits per heavy atom. The predicted octanol–water partition coefficient (Wildman–Crippen LogP) is 1.64. The van der Waals surface area contributed by atoms with E-state index in [1.807, 2.05) is 12.2 Å². The van der Waals surface area contributed by atoms with E-state index in [9.17, 15) is 19.5 Å². The summed E-state index contributed by atoms with van der Waals surface area (Å²) in [6, 6.07) is 0. The van der Waals surface area contributed by atoms with Gasteiger partial charge in [-0.3, -0.25) is 19.7 Å². The van der Waals surface area contributed by atoms with Gasteiger partial charge in [0.2, 0.25) is 6.41 Å². The highest BCUT2D eigenvalue weighted by molar-refractivity contribution is 8.13. The molecule has 12 heteroatoms. The molecule has 0 bridgehead atoms. The van der Waals surface area contributed by atoms with Gasteiger partial charge >= 0.3 is 8.60 Å². The Labute approximate surface area is 189 Å². The number of aliphatic hydroxyl groups excluding tert-OH is 1. The fourth-order valence-corrected chi connectivity index (χ4v) is 4.22. The van der Waals surface area contributed by atoms with Gasteiger partial charge in [-0.05, 0) is 26.2 Å². The molecule has 0 radical (unpaired) electrons. The first-order valence-electron chi connectivity index (χ1n) is 9.82. The summed E-state index contributed by atoms with van der Waals surface area (Å²) in [5, 5.41) is 11.2. The van der Waals surface area contributed by atoms with Crippen LogP contribution in [0.5, 0.6) is 0 Å². The van der Waals surface area contributed by atoms with E-state index < -0.39 is 19.9 Å². The van der Waals surface area contributed by atoms with Crippen molar-refractivity contribution in [2.75, 3.05) is 39.7 Å². The number of carbonyl (C=O) groups is 3. The second-order valence-corrected chi connectivity index (χ2v) is 10.1. The third-order valence-corrected chi connectivity index (χ3v) is 6.85. The maximum absolute atomic E-state index is 12.0. The minimum absolute atomic E-state index is 0.0951. The normalized spacial score (nSPS) is 22.5. The van der Waals surface area contributed by atoms with Gasteiger partial charge in [0.15, 0.2) is 5.12 Å². The molecule has 0 saturated carbocycles. The first-order valence-corrected chi connectivity index (χ1v) is 11.9. The van der Waals surface area contributed by atoms with E-state index in [2.05, 4.69) is 0 Å². The van der Waals surface area contributed by atoms with Crippen LogP contribution in [0.25, 0.3) is 0 Å². The summed E-state index contributed by atoms with van der Waals surface area (Å²) in [7, 11) is 1.70. The zero-order valence-corrected chi connectivity index (χ0v) is 20.3. The molecule has 4 unspecified atom stereocenters. The Hall–Kier alpha value is -1.07. The lowest BCUT2D eigenvalue weighted by Crippen LogP contribution is -2.29. The van der Waals surface area contributed by atoms with Crippen molar-refractivity contribution < 1.29 is 37.8 Å². The fourth-order valence-electron chi connectivity index (χ4n) is 2.50. The maximum atomic E-state index is 12.0. The molecule has 2 amide bonds. The van der Waals surface area contributed by atoms with Gasteiger partial charge in [-0.2, -0.15) is 0 Å². The number of ether oxygens (including phenoxy) is 1. The zero-order valence-electron chi connectivity index (χ0n) is 18.6. The van der Waals surface area contributed by atoms with E-state index in [-0.39, 0.29) is 43.2 Å². The second kappa shape index (κ2) is 14.2. The van der Waals surface area contributed by atoms with Gasteiger partial charge in [0, 0.05) is 32.2 Å². The zero-order chi connectivity index (χ0) is 23.4. The minimum Gasteiger partial charge on any atom is -0.395 e. The summed E-state index contributed by atoms with van der Waals surface area (Å²) >= 11 is 1.11. The highest BCUT2D eigenvalue weighted by Gasteiger charge is 2.34. The first kappa shape index (κ1) is 28.0. The number of imide groups is 1. The van der Waals surface area contributed by atoms with Crippen molar-refractivity contribution in [1.82, 2.24) is 10.2 Å². The van der Waals surface area contributed by atoms with Gasteiger partial charge in [-0.25, -0.2) is 0 Å². The molecule has 0 aromatic rings. The van der Waals surface area contributed by atoms with Crippen LogP contribution in [0.15, 0.2) is 12.3 Å². The number of amides is 2. The van der Waals surface area contributed by atoms with Crippen LogP contribution in [-0.4, -0.2) is 79.5 Å². The molecule has 1 fully saturated rings. The smallest absolute Gasteiger partial charge is 0.332 e. The van der Waals surface area contributed by atoms with Crippen molar-refractivity contribution in [1.29, 1.82) is 0 Å². The molecule has 4 atom stereocenters. The van der Waals surface area contributed by atoms with Crippen LogP contribution in [0.2, 0.25) is 0 Å². The van der Waals surface area contributed by atoms with Gasteiger partial charge in [0.1, 0.15) is 6.23 Å². The molecule has 178 valence electrons. The molecule has 0 aromatic heterocycles. The van der Waals surface area contributed by atoms with Crippen molar-refractivity contribution in [2.45, 2.75) is 39.5 Å². The largest absolute Gasteiger partial charge is 0.395 e. The molecule has 1 aliphatic heterocycles. The predicted molar refractivity (Wildman–Crippen MR) is 118 cm³/mol. The molecule has 2 N–H and O–H groups in total. The summed E-state index contributed by atoms with van der Waals surface area (Å²) in [4.78, 5) is 35.3. The number of thioether (sulfide) groups is 1. The molecule has 1 aliphatic rings. The second-order valence-electron chi connectivity index (χ2n) is 7.66. The molecule has 1 heterocycles. The summed E-state index contributed by atoms with van der Waals surface area (Å²) in [5.41, 5.74) is -0.777. The summed E-state index contributed by atoms with van der Waals surface area (Å²) < 4.78 is 22.5. The molecule has 0 spiro atoms. The van der Waals surface area contributed by atoms with Crippen LogP contribution >= 0.6 is 20.4 Å². The van der Waals surface area contributed by atoms with Gasteiger partial charge < -0.3 is 28.3 Å². The lowest BCUT2D eigenvalue weighted by molar-refractivity contribution is -0.122. The molecule has 31 heavy (non-hydrogen) atoms. The molecular formula is C19H33N2O8PS. The van der Waals surface area contributed by atoms with E-state index in [0.29, 0.717) is 12.2 Å². The minimum atomic E-state index is -1.57. The quantitative estimate of drug-likeness (QED) is 0.164. The van der Waals surface area contributed by atoms with Crippen LogP contribution in [0.1, 0.15) is 27.2 Å². The van der Waals surface area contributed by atoms with Crippen LogP contribution in [0.3, 0.4) is 0 Å². The van der Waals surface area contributed by atoms with Gasteiger partial charge in [0.05, 0.1) is 31.3 Å². The monoisotopic (exact) mass is 480 g/mol. The Kier molecular flexibility index (Phi) is 12.8. The first-order chi connectivity index (χ1) is 14.6. The van der Waals surface area contributed by atoms with E-state index >= 15 is 0 Å². The maximum Gasteiger partial charge on any atom is 0.332 e. The van der Waals surface area contributed by atoms with Crippen molar-refractivity contribution in [3.8, 4) is 0 Å². The standard InChI is InChI=1S/C19H33N2O8PS/c1-14-10-17(21(4)7-6-16(24)20-13-23)29-15(14)11-28-30(26-5)27-8-9-31-18(25)19(2,3)12-22/h6-7,13-15,17,22H,8-12H2,1-5H3,(H,20,23,24)/b7-6-. The average Bonchev–Trinajstić information content (AvgIpc) is 3.12. The molecular weight excluding hydrogens is 447 g/mol. The van der Waals surface area contributed by atoms with Crippen LogP contribution in [0.4, 0.5) is 0 Å². The molecule has 1 rings (SSSR count). The number of aliphatic hydroxyl groups is 1. The lowest BCUT2D eigenvalue weighted by Gasteiger charge is -2.23.